The van der Waals surface area contributed by atoms with Crippen LogP contribution in [0.4, 0.5) is 0 Å². The fourth-order valence-electron chi connectivity index (χ4n) is 1.98. The molecule has 0 heterocycles. The summed E-state index contributed by atoms with van der Waals surface area (Å²) in [5.74, 6) is -1.38. The molecule has 0 radical (unpaired) electrons. The van der Waals surface area contributed by atoms with Gasteiger partial charge in [0.1, 0.15) is 17.4 Å². The number of aromatic hydroxyl groups is 2. The number of hydrogen-bond acceptors (Lipinski definition) is 4. The molecule has 0 aliphatic carbocycles. The van der Waals surface area contributed by atoms with Crippen LogP contribution in [0.2, 0.25) is 0 Å². The molecule has 2 N–H and O–H groups in total. The van der Waals surface area contributed by atoms with Crippen LogP contribution in [0.3, 0.4) is 0 Å². The zero-order valence-corrected chi connectivity index (χ0v) is 10.4. The molecule has 0 aliphatic heterocycles. The van der Waals surface area contributed by atoms with Gasteiger partial charge in [0.05, 0.1) is 7.11 Å². The predicted octanol–water partition coefficient (Wildman–Crippen LogP) is 2.40. The highest BCUT2D eigenvalue weighted by Gasteiger charge is 2.26. The van der Waals surface area contributed by atoms with Crippen LogP contribution in [0.5, 0.6) is 11.5 Å². The zero-order valence-electron chi connectivity index (χ0n) is 10.4. The molecule has 98 valence electrons. The monoisotopic (exact) mass is 258 g/mol. The van der Waals surface area contributed by atoms with E-state index >= 15 is 0 Å². The van der Waals surface area contributed by atoms with E-state index in [4.69, 9.17) is 4.74 Å². The summed E-state index contributed by atoms with van der Waals surface area (Å²) in [5, 5.41) is 19.2. The third-order valence-electron chi connectivity index (χ3n) is 2.89. The van der Waals surface area contributed by atoms with E-state index < -0.39 is 11.9 Å². The number of benzene rings is 2. The third kappa shape index (κ3) is 2.68. The highest BCUT2D eigenvalue weighted by atomic mass is 16.5. The summed E-state index contributed by atoms with van der Waals surface area (Å²) in [4.78, 5) is 12.0. The van der Waals surface area contributed by atoms with Crippen LogP contribution in [-0.2, 0) is 9.53 Å². The summed E-state index contributed by atoms with van der Waals surface area (Å²) in [5.41, 5.74) is 1.12. The molecular formula is C15H14O4. The molecule has 0 saturated heterocycles. The second-order valence-electron chi connectivity index (χ2n) is 4.11. The average molecular weight is 258 g/mol. The van der Waals surface area contributed by atoms with E-state index in [1.807, 2.05) is 18.2 Å². The van der Waals surface area contributed by atoms with Crippen molar-refractivity contribution in [3.63, 3.8) is 0 Å². The topological polar surface area (TPSA) is 66.8 Å². The lowest BCUT2D eigenvalue weighted by Crippen LogP contribution is -2.15. The van der Waals surface area contributed by atoms with Crippen molar-refractivity contribution in [2.24, 2.45) is 0 Å². The molecule has 0 fully saturated rings. The van der Waals surface area contributed by atoms with Gasteiger partial charge >= 0.3 is 5.97 Å². The molecule has 0 saturated carbocycles. The number of methoxy groups -OCH3 is 1. The van der Waals surface area contributed by atoms with Gasteiger partial charge in [-0.3, -0.25) is 4.79 Å². The van der Waals surface area contributed by atoms with Gasteiger partial charge in [0.15, 0.2) is 0 Å². The molecule has 0 aromatic heterocycles. The average Bonchev–Trinajstić information content (AvgIpc) is 2.42. The summed E-state index contributed by atoms with van der Waals surface area (Å²) < 4.78 is 4.79. The van der Waals surface area contributed by atoms with Gasteiger partial charge in [-0.15, -0.1) is 0 Å². The molecule has 1 unspecified atom stereocenters. The van der Waals surface area contributed by atoms with Gasteiger partial charge in [-0.05, 0) is 11.6 Å². The maximum Gasteiger partial charge on any atom is 0.317 e. The minimum Gasteiger partial charge on any atom is -0.508 e. The quantitative estimate of drug-likeness (QED) is 0.830. The van der Waals surface area contributed by atoms with Crippen LogP contribution in [0.15, 0.2) is 48.5 Å². The maximum absolute atomic E-state index is 12.0. The van der Waals surface area contributed by atoms with E-state index in [9.17, 15) is 15.0 Å². The summed E-state index contributed by atoms with van der Waals surface area (Å²) in [6, 6.07) is 13.2. The second kappa shape index (κ2) is 5.44. The highest BCUT2D eigenvalue weighted by molar-refractivity contribution is 5.83. The number of esters is 1. The van der Waals surface area contributed by atoms with Gasteiger partial charge in [-0.25, -0.2) is 0 Å². The Morgan fingerprint density at radius 3 is 2.37 bits per heavy atom. The van der Waals surface area contributed by atoms with Gasteiger partial charge in [0.25, 0.3) is 0 Å². The van der Waals surface area contributed by atoms with Crippen LogP contribution in [-0.4, -0.2) is 23.3 Å². The van der Waals surface area contributed by atoms with Gasteiger partial charge in [0.2, 0.25) is 0 Å². The van der Waals surface area contributed by atoms with Crippen molar-refractivity contribution in [3.05, 3.63) is 59.7 Å². The molecule has 0 bridgehead atoms. The van der Waals surface area contributed by atoms with Crippen LogP contribution in [0.1, 0.15) is 17.0 Å². The zero-order chi connectivity index (χ0) is 13.8. The first-order valence-electron chi connectivity index (χ1n) is 5.78. The Labute approximate surface area is 110 Å². The van der Waals surface area contributed by atoms with Crippen LogP contribution in [0.25, 0.3) is 0 Å². The number of rotatable bonds is 3. The van der Waals surface area contributed by atoms with Crippen molar-refractivity contribution in [2.45, 2.75) is 5.92 Å². The van der Waals surface area contributed by atoms with Crippen molar-refractivity contribution in [3.8, 4) is 11.5 Å². The number of ether oxygens (including phenoxy) is 1. The number of carbonyl (C=O) groups is 1. The lowest BCUT2D eigenvalue weighted by molar-refractivity contribution is -0.141. The molecule has 4 heteroatoms. The molecular weight excluding hydrogens is 244 g/mol. The van der Waals surface area contributed by atoms with Crippen molar-refractivity contribution in [1.29, 1.82) is 0 Å². The van der Waals surface area contributed by atoms with E-state index in [-0.39, 0.29) is 11.5 Å². The largest absolute Gasteiger partial charge is 0.508 e. The molecule has 2 aromatic rings. The van der Waals surface area contributed by atoms with Crippen LogP contribution in [0, 0.1) is 0 Å². The SMILES string of the molecule is COC(=O)C(c1ccccc1)c1ccc(O)cc1O. The van der Waals surface area contributed by atoms with Gasteiger partial charge in [-0.2, -0.15) is 0 Å². The third-order valence-corrected chi connectivity index (χ3v) is 2.89. The van der Waals surface area contributed by atoms with E-state index in [1.54, 1.807) is 12.1 Å². The predicted molar refractivity (Wildman–Crippen MR) is 70.1 cm³/mol. The van der Waals surface area contributed by atoms with Crippen LogP contribution >= 0.6 is 0 Å². The first-order valence-corrected chi connectivity index (χ1v) is 5.78. The Balaban J connectivity index is 2.52. The Hall–Kier alpha value is -2.49. The van der Waals surface area contributed by atoms with E-state index in [2.05, 4.69) is 0 Å². The van der Waals surface area contributed by atoms with Gasteiger partial charge in [0, 0.05) is 11.6 Å². The number of carbonyl (C=O) groups excluding carboxylic acids is 1. The van der Waals surface area contributed by atoms with E-state index in [0.717, 1.165) is 5.56 Å². The Morgan fingerprint density at radius 2 is 1.79 bits per heavy atom. The minimum atomic E-state index is -0.716. The van der Waals surface area contributed by atoms with E-state index in [0.29, 0.717) is 5.56 Å². The number of phenols is 2. The Morgan fingerprint density at radius 1 is 1.11 bits per heavy atom. The Bertz CT molecular complexity index is 578. The second-order valence-corrected chi connectivity index (χ2v) is 4.11. The summed E-state index contributed by atoms with van der Waals surface area (Å²) in [7, 11) is 1.30. The fraction of sp³-hybridized carbons (Fsp3) is 0.133. The molecule has 2 aromatic carbocycles. The standard InChI is InChI=1S/C15H14O4/c1-19-15(18)14(10-5-3-2-4-6-10)12-8-7-11(16)9-13(12)17/h2-9,14,16-17H,1H3. The normalized spacial score (nSPS) is 11.8. The molecule has 4 nitrogen and oxygen atoms in total. The smallest absolute Gasteiger partial charge is 0.317 e. The first kappa shape index (κ1) is 13.0. The lowest BCUT2D eigenvalue weighted by Gasteiger charge is -2.16. The summed E-state index contributed by atoms with van der Waals surface area (Å²) in [6.45, 7) is 0. The molecule has 0 amide bonds. The fourth-order valence-corrected chi connectivity index (χ4v) is 1.98. The van der Waals surface area contributed by atoms with Crippen molar-refractivity contribution < 1.29 is 19.7 Å². The molecule has 0 aliphatic rings. The summed E-state index contributed by atoms with van der Waals surface area (Å²) >= 11 is 0. The lowest BCUT2D eigenvalue weighted by atomic mass is 9.90. The number of hydrogen-bond donors (Lipinski definition) is 2. The van der Waals surface area contributed by atoms with Crippen molar-refractivity contribution in [2.75, 3.05) is 7.11 Å². The van der Waals surface area contributed by atoms with Crippen molar-refractivity contribution >= 4 is 5.97 Å². The number of phenolic OH excluding ortho intramolecular Hbond substituents is 2. The van der Waals surface area contributed by atoms with Crippen LogP contribution < -0.4 is 0 Å². The van der Waals surface area contributed by atoms with Crippen molar-refractivity contribution in [1.82, 2.24) is 0 Å². The summed E-state index contributed by atoms with van der Waals surface area (Å²) in [6.07, 6.45) is 0. The first-order chi connectivity index (χ1) is 9.13. The molecule has 0 spiro atoms. The Kier molecular flexibility index (Phi) is 3.71. The molecule has 2 rings (SSSR count). The maximum atomic E-state index is 12.0. The van der Waals surface area contributed by atoms with Gasteiger partial charge in [-0.1, -0.05) is 36.4 Å². The molecule has 19 heavy (non-hydrogen) atoms. The van der Waals surface area contributed by atoms with E-state index in [1.165, 1.54) is 25.3 Å². The highest BCUT2D eigenvalue weighted by Crippen LogP contribution is 2.34. The minimum absolute atomic E-state index is 0.0575. The molecule has 1 atom stereocenters. The van der Waals surface area contributed by atoms with Gasteiger partial charge < -0.3 is 14.9 Å².